The van der Waals surface area contributed by atoms with Gasteiger partial charge in [-0.3, -0.25) is 4.79 Å². The number of ether oxygens (including phenoxy) is 6. The minimum absolute atomic E-state index is 0.339. The fourth-order valence-electron chi connectivity index (χ4n) is 3.54. The first kappa shape index (κ1) is 26.4. The number of nitrogens with zero attached hydrogens (tertiary/aromatic N) is 2. The molecule has 1 amide bonds. The Morgan fingerprint density at radius 3 is 2.00 bits per heavy atom. The molecule has 190 valence electrons. The van der Waals surface area contributed by atoms with Gasteiger partial charge in [0, 0.05) is 31.4 Å². The van der Waals surface area contributed by atoms with Crippen molar-refractivity contribution in [3.05, 3.63) is 34.6 Å². The van der Waals surface area contributed by atoms with Crippen molar-refractivity contribution in [2.24, 2.45) is 4.99 Å². The van der Waals surface area contributed by atoms with Gasteiger partial charge in [-0.25, -0.2) is 0 Å². The Labute approximate surface area is 208 Å². The number of carbonyl (C=O) groups excluding carboxylic acids is 1. The van der Waals surface area contributed by atoms with Gasteiger partial charge in [-0.15, -0.1) is 0 Å². The standard InChI is InChI=1S/C25H32N2O7S/c1-7-32-20-12-16(13-21(33-8-2)23(20)34-9-3)24(28)26-25-27(10-11-29-4)17-14-18(30-5)19(31-6)15-22(17)35-25/h12-15H,7-11H2,1-6H3. The molecule has 0 aliphatic carbocycles. The fourth-order valence-corrected chi connectivity index (χ4v) is 4.61. The molecule has 3 rings (SSSR count). The first-order chi connectivity index (χ1) is 17.0. The van der Waals surface area contributed by atoms with Crippen LogP contribution >= 0.6 is 11.3 Å². The van der Waals surface area contributed by atoms with Crippen LogP contribution in [0.4, 0.5) is 0 Å². The second-order valence-electron chi connectivity index (χ2n) is 7.22. The van der Waals surface area contributed by atoms with Gasteiger partial charge in [-0.2, -0.15) is 4.99 Å². The van der Waals surface area contributed by atoms with Gasteiger partial charge in [0.15, 0.2) is 27.8 Å². The van der Waals surface area contributed by atoms with Crippen molar-refractivity contribution < 1.29 is 33.2 Å². The Morgan fingerprint density at radius 2 is 1.46 bits per heavy atom. The van der Waals surface area contributed by atoms with Crippen LogP contribution in [-0.2, 0) is 11.3 Å². The maximum Gasteiger partial charge on any atom is 0.279 e. The van der Waals surface area contributed by atoms with Gasteiger partial charge in [-0.05, 0) is 32.9 Å². The van der Waals surface area contributed by atoms with Crippen LogP contribution in [0.1, 0.15) is 31.1 Å². The van der Waals surface area contributed by atoms with Crippen molar-refractivity contribution in [2.45, 2.75) is 27.3 Å². The molecule has 1 aromatic heterocycles. The summed E-state index contributed by atoms with van der Waals surface area (Å²) >= 11 is 1.38. The highest BCUT2D eigenvalue weighted by Crippen LogP contribution is 2.39. The van der Waals surface area contributed by atoms with Gasteiger partial charge < -0.3 is 33.0 Å². The van der Waals surface area contributed by atoms with Crippen molar-refractivity contribution in [2.75, 3.05) is 47.8 Å². The lowest BCUT2D eigenvalue weighted by Crippen LogP contribution is -2.19. The molecule has 0 radical (unpaired) electrons. The van der Waals surface area contributed by atoms with Crippen LogP contribution in [-0.4, -0.2) is 58.2 Å². The van der Waals surface area contributed by atoms with Gasteiger partial charge in [0.05, 0.1) is 50.9 Å². The van der Waals surface area contributed by atoms with Crippen LogP contribution in [0.15, 0.2) is 29.3 Å². The molecule has 9 nitrogen and oxygen atoms in total. The van der Waals surface area contributed by atoms with E-state index in [-0.39, 0.29) is 0 Å². The minimum atomic E-state index is -0.424. The summed E-state index contributed by atoms with van der Waals surface area (Å²) in [7, 11) is 4.80. The summed E-state index contributed by atoms with van der Waals surface area (Å²) in [6.45, 7) is 7.84. The summed E-state index contributed by atoms with van der Waals surface area (Å²) in [5.74, 6) is 2.13. The fraction of sp³-hybridized carbons (Fsp3) is 0.440. The molecule has 3 aromatic rings. The number of hydrogen-bond acceptors (Lipinski definition) is 8. The van der Waals surface area contributed by atoms with Crippen molar-refractivity contribution in [3.8, 4) is 28.7 Å². The number of aromatic nitrogens is 1. The molecule has 0 atom stereocenters. The largest absolute Gasteiger partial charge is 0.493 e. The van der Waals surface area contributed by atoms with E-state index in [9.17, 15) is 4.79 Å². The number of fused-ring (bicyclic) bond motifs is 1. The van der Waals surface area contributed by atoms with Gasteiger partial charge in [0.2, 0.25) is 5.75 Å². The predicted octanol–water partition coefficient (Wildman–Crippen LogP) is 4.30. The molecule has 0 aliphatic rings. The summed E-state index contributed by atoms with van der Waals surface area (Å²) in [6.07, 6.45) is 0. The topological polar surface area (TPSA) is 89.7 Å². The normalized spacial score (nSPS) is 11.5. The molecule has 10 heteroatoms. The molecule has 0 fully saturated rings. The van der Waals surface area contributed by atoms with E-state index in [2.05, 4.69) is 4.99 Å². The number of amides is 1. The molecular weight excluding hydrogens is 472 g/mol. The highest BCUT2D eigenvalue weighted by Gasteiger charge is 2.19. The maximum absolute atomic E-state index is 13.3. The van der Waals surface area contributed by atoms with Crippen molar-refractivity contribution in [1.82, 2.24) is 4.57 Å². The lowest BCUT2D eigenvalue weighted by atomic mass is 10.1. The highest BCUT2D eigenvalue weighted by atomic mass is 32.1. The number of thiazole rings is 1. The third kappa shape index (κ3) is 5.88. The molecule has 35 heavy (non-hydrogen) atoms. The van der Waals surface area contributed by atoms with E-state index in [0.717, 1.165) is 10.2 Å². The molecule has 0 N–H and O–H groups in total. The monoisotopic (exact) mass is 504 g/mol. The van der Waals surface area contributed by atoms with E-state index in [1.807, 2.05) is 37.5 Å². The molecule has 1 heterocycles. The number of rotatable bonds is 12. The number of carbonyl (C=O) groups is 1. The third-order valence-corrected chi connectivity index (χ3v) is 6.10. The lowest BCUT2D eigenvalue weighted by Gasteiger charge is -2.16. The average molecular weight is 505 g/mol. The molecule has 2 aromatic carbocycles. The Morgan fingerprint density at radius 1 is 0.857 bits per heavy atom. The number of benzene rings is 2. The van der Waals surface area contributed by atoms with E-state index in [1.54, 1.807) is 33.5 Å². The highest BCUT2D eigenvalue weighted by molar-refractivity contribution is 7.16. The molecule has 0 aliphatic heterocycles. The second kappa shape index (κ2) is 12.5. The van der Waals surface area contributed by atoms with E-state index in [1.165, 1.54) is 11.3 Å². The summed E-state index contributed by atoms with van der Waals surface area (Å²) in [4.78, 5) is 18.3. The Kier molecular flexibility index (Phi) is 9.39. The quantitative estimate of drug-likeness (QED) is 0.363. The zero-order valence-electron chi connectivity index (χ0n) is 21.0. The Balaban J connectivity index is 2.16. The van der Waals surface area contributed by atoms with Gasteiger partial charge >= 0.3 is 0 Å². The minimum Gasteiger partial charge on any atom is -0.493 e. The van der Waals surface area contributed by atoms with Crippen LogP contribution in [0.5, 0.6) is 28.7 Å². The second-order valence-corrected chi connectivity index (χ2v) is 8.23. The van der Waals surface area contributed by atoms with Gasteiger partial charge in [0.1, 0.15) is 0 Å². The van der Waals surface area contributed by atoms with Crippen molar-refractivity contribution >= 4 is 27.5 Å². The van der Waals surface area contributed by atoms with Crippen LogP contribution in [0, 0.1) is 0 Å². The van der Waals surface area contributed by atoms with Gasteiger partial charge in [0.25, 0.3) is 5.91 Å². The first-order valence-corrected chi connectivity index (χ1v) is 12.2. The SMILES string of the molecule is CCOc1cc(C(=O)N=c2sc3cc(OC)c(OC)cc3n2CCOC)cc(OCC)c1OCC. The van der Waals surface area contributed by atoms with Gasteiger partial charge in [-0.1, -0.05) is 11.3 Å². The summed E-state index contributed by atoms with van der Waals surface area (Å²) < 4.78 is 36.3. The summed E-state index contributed by atoms with van der Waals surface area (Å²) in [5.41, 5.74) is 1.21. The average Bonchev–Trinajstić information content (AvgIpc) is 3.19. The molecule has 0 spiro atoms. The van der Waals surface area contributed by atoms with Crippen LogP contribution in [0.3, 0.4) is 0 Å². The zero-order chi connectivity index (χ0) is 25.4. The Bertz CT molecular complexity index is 1210. The summed E-state index contributed by atoms with van der Waals surface area (Å²) in [5, 5.41) is 0. The van der Waals surface area contributed by atoms with E-state index in [4.69, 9.17) is 28.4 Å². The van der Waals surface area contributed by atoms with Crippen LogP contribution < -0.4 is 28.5 Å². The third-order valence-electron chi connectivity index (χ3n) is 5.06. The van der Waals surface area contributed by atoms with E-state index in [0.29, 0.717) is 72.1 Å². The lowest BCUT2D eigenvalue weighted by molar-refractivity contribution is 0.0996. The molecule has 0 unspecified atom stereocenters. The van der Waals surface area contributed by atoms with Crippen LogP contribution in [0.25, 0.3) is 10.2 Å². The summed E-state index contributed by atoms with van der Waals surface area (Å²) in [6, 6.07) is 7.04. The molecule has 0 saturated carbocycles. The number of hydrogen-bond donors (Lipinski definition) is 0. The Hall–Kier alpha value is -3.24. The smallest absolute Gasteiger partial charge is 0.279 e. The van der Waals surface area contributed by atoms with Crippen LogP contribution in [0.2, 0.25) is 0 Å². The molecule has 0 bridgehead atoms. The molecular formula is C25H32N2O7S. The van der Waals surface area contributed by atoms with E-state index >= 15 is 0 Å². The predicted molar refractivity (Wildman–Crippen MR) is 135 cm³/mol. The zero-order valence-corrected chi connectivity index (χ0v) is 21.8. The van der Waals surface area contributed by atoms with Crippen molar-refractivity contribution in [1.29, 1.82) is 0 Å². The van der Waals surface area contributed by atoms with E-state index < -0.39 is 5.91 Å². The number of methoxy groups -OCH3 is 3. The maximum atomic E-state index is 13.3. The molecule has 0 saturated heterocycles. The van der Waals surface area contributed by atoms with Crippen molar-refractivity contribution in [3.63, 3.8) is 0 Å². The first-order valence-electron chi connectivity index (χ1n) is 11.4.